The Bertz CT molecular complexity index is 447. The fourth-order valence-electron chi connectivity index (χ4n) is 1.42. The zero-order chi connectivity index (χ0) is 15.3. The Hall–Kier alpha value is -1.43. The predicted octanol–water partition coefficient (Wildman–Crippen LogP) is 2.93. The van der Waals surface area contributed by atoms with Crippen LogP contribution in [-0.2, 0) is 0 Å². The Morgan fingerprint density at radius 1 is 1.15 bits per heavy atom. The topological polar surface area (TPSA) is 40.2 Å². The summed E-state index contributed by atoms with van der Waals surface area (Å²) in [6.45, 7) is 7.11. The van der Waals surface area contributed by atoms with Gasteiger partial charge in [-0.3, -0.25) is 0 Å². The van der Waals surface area contributed by atoms with Crippen LogP contribution in [0.25, 0.3) is 0 Å². The summed E-state index contributed by atoms with van der Waals surface area (Å²) in [4.78, 5) is 6.01. The molecule has 0 atom stereocenters. The van der Waals surface area contributed by atoms with E-state index in [0.717, 1.165) is 12.5 Å². The van der Waals surface area contributed by atoms with Crippen molar-refractivity contribution < 1.29 is 8.78 Å². The smallest absolute Gasteiger partial charge is 0.168 e. The number of rotatable bonds is 7. The van der Waals surface area contributed by atoms with Crippen molar-refractivity contribution in [3.05, 3.63) is 17.7 Å². The van der Waals surface area contributed by atoms with Crippen LogP contribution in [-0.4, -0.2) is 42.6 Å². The van der Waals surface area contributed by atoms with E-state index in [1.165, 1.54) is 0 Å². The molecule has 1 rings (SSSR count). The molecule has 0 unspecified atom stereocenters. The molecule has 0 saturated carbocycles. The Kier molecular flexibility index (Phi) is 5.68. The summed E-state index contributed by atoms with van der Waals surface area (Å²) < 4.78 is 27.3. The van der Waals surface area contributed by atoms with Crippen molar-refractivity contribution in [2.45, 2.75) is 32.7 Å². The number of halogens is 2. The first-order valence-corrected chi connectivity index (χ1v) is 6.79. The minimum Gasteiger partial charge on any atom is -0.368 e. The van der Waals surface area contributed by atoms with Gasteiger partial charge in [0.2, 0.25) is 0 Å². The SMILES string of the molecule is CCCNc1nc(NCC(C)(C)N(C)C)c(F)cc1F. The molecule has 0 spiro atoms. The maximum atomic E-state index is 13.7. The fraction of sp³-hybridized carbons (Fsp3) is 0.643. The van der Waals surface area contributed by atoms with Crippen LogP contribution in [0.2, 0.25) is 0 Å². The normalized spacial score (nSPS) is 11.8. The van der Waals surface area contributed by atoms with E-state index in [2.05, 4.69) is 15.6 Å². The van der Waals surface area contributed by atoms with Crippen molar-refractivity contribution in [2.24, 2.45) is 0 Å². The second-order valence-electron chi connectivity index (χ2n) is 5.64. The molecule has 114 valence electrons. The fourth-order valence-corrected chi connectivity index (χ4v) is 1.42. The average Bonchev–Trinajstić information content (AvgIpc) is 2.36. The minimum absolute atomic E-state index is 0.0694. The summed E-state index contributed by atoms with van der Waals surface area (Å²) in [5, 5.41) is 5.79. The summed E-state index contributed by atoms with van der Waals surface area (Å²) in [5.41, 5.74) is -0.167. The third-order valence-corrected chi connectivity index (χ3v) is 3.37. The lowest BCUT2D eigenvalue weighted by Crippen LogP contribution is -2.44. The number of likely N-dealkylation sites (N-methyl/N-ethyl adjacent to an activating group) is 1. The van der Waals surface area contributed by atoms with Gasteiger partial charge in [-0.2, -0.15) is 0 Å². The molecule has 1 aromatic heterocycles. The summed E-state index contributed by atoms with van der Waals surface area (Å²) >= 11 is 0. The zero-order valence-electron chi connectivity index (χ0n) is 12.8. The lowest BCUT2D eigenvalue weighted by Gasteiger charge is -2.32. The van der Waals surface area contributed by atoms with Crippen LogP contribution < -0.4 is 10.6 Å². The highest BCUT2D eigenvalue weighted by molar-refractivity contribution is 5.47. The van der Waals surface area contributed by atoms with E-state index in [-0.39, 0.29) is 17.2 Å². The van der Waals surface area contributed by atoms with Crippen LogP contribution in [0.15, 0.2) is 6.07 Å². The second kappa shape index (κ2) is 6.83. The van der Waals surface area contributed by atoms with Crippen molar-refractivity contribution in [2.75, 3.05) is 37.8 Å². The molecular formula is C14H24F2N4. The van der Waals surface area contributed by atoms with E-state index >= 15 is 0 Å². The van der Waals surface area contributed by atoms with Crippen LogP contribution in [0.3, 0.4) is 0 Å². The maximum absolute atomic E-state index is 13.7. The lowest BCUT2D eigenvalue weighted by atomic mass is 10.0. The number of aromatic nitrogens is 1. The standard InChI is InChI=1S/C14H24F2N4/c1-6-7-17-12-10(15)8-11(16)13(19-12)18-9-14(2,3)20(4)5/h8H,6-7,9H2,1-5H3,(H2,17,18,19). The average molecular weight is 286 g/mol. The number of nitrogens with zero attached hydrogens (tertiary/aromatic N) is 2. The van der Waals surface area contributed by atoms with Gasteiger partial charge in [0.25, 0.3) is 0 Å². The van der Waals surface area contributed by atoms with Gasteiger partial charge in [0.05, 0.1) is 0 Å². The largest absolute Gasteiger partial charge is 0.368 e. The highest BCUT2D eigenvalue weighted by Crippen LogP contribution is 2.20. The number of hydrogen-bond donors (Lipinski definition) is 2. The van der Waals surface area contributed by atoms with E-state index in [1.54, 1.807) is 0 Å². The van der Waals surface area contributed by atoms with E-state index in [4.69, 9.17) is 0 Å². The van der Waals surface area contributed by atoms with Crippen molar-refractivity contribution >= 4 is 11.6 Å². The highest BCUT2D eigenvalue weighted by Gasteiger charge is 2.21. The van der Waals surface area contributed by atoms with Crippen LogP contribution >= 0.6 is 0 Å². The molecule has 0 bridgehead atoms. The van der Waals surface area contributed by atoms with E-state index in [0.29, 0.717) is 13.1 Å². The quantitative estimate of drug-likeness (QED) is 0.808. The predicted molar refractivity (Wildman–Crippen MR) is 79.2 cm³/mol. The van der Waals surface area contributed by atoms with E-state index in [1.807, 2.05) is 39.8 Å². The highest BCUT2D eigenvalue weighted by atomic mass is 19.1. The Morgan fingerprint density at radius 3 is 2.20 bits per heavy atom. The summed E-state index contributed by atoms with van der Waals surface area (Å²) in [5.74, 6) is -1.20. The molecule has 0 saturated heterocycles. The molecule has 20 heavy (non-hydrogen) atoms. The van der Waals surface area contributed by atoms with Crippen LogP contribution in [0.1, 0.15) is 27.2 Å². The molecule has 6 heteroatoms. The Morgan fingerprint density at radius 2 is 1.70 bits per heavy atom. The van der Waals surface area contributed by atoms with Gasteiger partial charge in [0.15, 0.2) is 23.3 Å². The van der Waals surface area contributed by atoms with Crippen LogP contribution in [0.4, 0.5) is 20.4 Å². The Balaban J connectivity index is 2.84. The van der Waals surface area contributed by atoms with Crippen LogP contribution in [0, 0.1) is 11.6 Å². The van der Waals surface area contributed by atoms with Gasteiger partial charge in [-0.1, -0.05) is 6.92 Å². The van der Waals surface area contributed by atoms with E-state index in [9.17, 15) is 8.78 Å². The zero-order valence-corrected chi connectivity index (χ0v) is 12.8. The molecule has 0 fully saturated rings. The molecule has 0 amide bonds. The van der Waals surface area contributed by atoms with Crippen molar-refractivity contribution in [3.63, 3.8) is 0 Å². The molecule has 0 aromatic carbocycles. The first-order valence-electron chi connectivity index (χ1n) is 6.79. The summed E-state index contributed by atoms with van der Waals surface area (Å²) in [6.07, 6.45) is 0.842. The molecule has 0 aliphatic carbocycles. The van der Waals surface area contributed by atoms with Gasteiger partial charge < -0.3 is 15.5 Å². The van der Waals surface area contributed by atoms with Gasteiger partial charge in [-0.05, 0) is 34.4 Å². The van der Waals surface area contributed by atoms with Gasteiger partial charge >= 0.3 is 0 Å². The maximum Gasteiger partial charge on any atom is 0.168 e. The van der Waals surface area contributed by atoms with Gasteiger partial charge in [0, 0.05) is 24.7 Å². The van der Waals surface area contributed by atoms with Gasteiger partial charge in [0.1, 0.15) is 0 Å². The molecule has 2 N–H and O–H groups in total. The van der Waals surface area contributed by atoms with Gasteiger partial charge in [-0.15, -0.1) is 0 Å². The first kappa shape index (κ1) is 16.6. The van der Waals surface area contributed by atoms with Crippen molar-refractivity contribution in [1.82, 2.24) is 9.88 Å². The number of pyridine rings is 1. The Labute approximate surface area is 119 Å². The summed E-state index contributed by atoms with van der Waals surface area (Å²) in [7, 11) is 3.90. The minimum atomic E-state index is -0.681. The lowest BCUT2D eigenvalue weighted by molar-refractivity contribution is 0.209. The second-order valence-corrected chi connectivity index (χ2v) is 5.64. The summed E-state index contributed by atoms with van der Waals surface area (Å²) in [6, 6.07) is 0.857. The van der Waals surface area contributed by atoms with Gasteiger partial charge in [-0.25, -0.2) is 13.8 Å². The number of hydrogen-bond acceptors (Lipinski definition) is 4. The third kappa shape index (κ3) is 4.30. The molecule has 0 radical (unpaired) electrons. The van der Waals surface area contributed by atoms with Crippen molar-refractivity contribution in [3.8, 4) is 0 Å². The molecule has 0 aliphatic heterocycles. The number of anilines is 2. The first-order chi connectivity index (χ1) is 9.27. The molecule has 1 heterocycles. The monoisotopic (exact) mass is 286 g/mol. The molecular weight excluding hydrogens is 262 g/mol. The molecule has 1 aromatic rings. The molecule has 0 aliphatic rings. The van der Waals surface area contributed by atoms with Crippen LogP contribution in [0.5, 0.6) is 0 Å². The van der Waals surface area contributed by atoms with Crippen molar-refractivity contribution in [1.29, 1.82) is 0 Å². The molecule has 4 nitrogen and oxygen atoms in total. The third-order valence-electron chi connectivity index (χ3n) is 3.37. The van der Waals surface area contributed by atoms with E-state index < -0.39 is 11.6 Å². The number of nitrogens with one attached hydrogen (secondary N) is 2.